The quantitative estimate of drug-likeness (QED) is 0.490. The van der Waals surface area contributed by atoms with Crippen molar-refractivity contribution in [3.05, 3.63) is 84.7 Å². The summed E-state index contributed by atoms with van der Waals surface area (Å²) in [6.45, 7) is 0.823. The monoisotopic (exact) mass is 430 g/mol. The molecule has 1 aromatic heterocycles. The largest absolute Gasteiger partial charge is 0.486 e. The number of likely N-dealkylation sites (tertiary alicyclic amines) is 1. The average molecular weight is 430 g/mol. The number of para-hydroxylation sites is 1. The van der Waals surface area contributed by atoms with Crippen LogP contribution in [0.15, 0.2) is 83.4 Å². The first kappa shape index (κ1) is 19.7. The van der Waals surface area contributed by atoms with Crippen LogP contribution in [0.3, 0.4) is 0 Å². The molecule has 1 aliphatic rings. The molecule has 1 N–H and O–H groups in total. The van der Waals surface area contributed by atoms with E-state index in [0.717, 1.165) is 5.56 Å². The number of anilines is 1. The van der Waals surface area contributed by atoms with Gasteiger partial charge in [0.1, 0.15) is 17.7 Å². The lowest BCUT2D eigenvalue weighted by atomic mass is 10.1. The molecule has 2 heterocycles. The molecule has 160 valence electrons. The summed E-state index contributed by atoms with van der Waals surface area (Å²) < 4.78 is 24.9. The smallest absolute Gasteiger partial charge is 0.322 e. The van der Waals surface area contributed by atoms with Gasteiger partial charge in [0.2, 0.25) is 5.82 Å². The van der Waals surface area contributed by atoms with E-state index in [2.05, 4.69) is 15.5 Å². The summed E-state index contributed by atoms with van der Waals surface area (Å²) in [5, 5.41) is 6.75. The molecule has 3 aromatic carbocycles. The highest BCUT2D eigenvalue weighted by atomic mass is 19.1. The highest BCUT2D eigenvalue weighted by Gasteiger charge is 2.33. The van der Waals surface area contributed by atoms with Crippen LogP contribution in [-0.4, -0.2) is 40.3 Å². The number of nitrogens with zero attached hydrogens (tertiary/aromatic N) is 3. The Morgan fingerprint density at radius 3 is 2.62 bits per heavy atom. The summed E-state index contributed by atoms with van der Waals surface area (Å²) >= 11 is 0. The van der Waals surface area contributed by atoms with Crippen molar-refractivity contribution >= 4 is 11.7 Å². The van der Waals surface area contributed by atoms with Crippen molar-refractivity contribution in [3.63, 3.8) is 0 Å². The molecule has 1 fully saturated rings. The van der Waals surface area contributed by atoms with Crippen LogP contribution in [-0.2, 0) is 0 Å². The first-order valence-corrected chi connectivity index (χ1v) is 10.1. The molecule has 1 aliphatic heterocycles. The van der Waals surface area contributed by atoms with Gasteiger partial charge in [-0.1, -0.05) is 53.7 Å². The number of benzene rings is 3. The van der Waals surface area contributed by atoms with Gasteiger partial charge in [0.25, 0.3) is 5.89 Å². The van der Waals surface area contributed by atoms with Crippen molar-refractivity contribution < 1.29 is 18.4 Å². The normalized spacial score (nSPS) is 13.5. The van der Waals surface area contributed by atoms with Gasteiger partial charge in [-0.25, -0.2) is 9.18 Å². The van der Waals surface area contributed by atoms with Gasteiger partial charge < -0.3 is 19.5 Å². The molecule has 0 spiro atoms. The number of urea groups is 1. The first-order chi connectivity index (χ1) is 15.7. The zero-order chi connectivity index (χ0) is 21.9. The van der Waals surface area contributed by atoms with Crippen molar-refractivity contribution in [1.29, 1.82) is 0 Å². The Balaban J connectivity index is 1.23. The predicted molar refractivity (Wildman–Crippen MR) is 117 cm³/mol. The summed E-state index contributed by atoms with van der Waals surface area (Å²) in [5.41, 5.74) is 1.96. The maximum Gasteiger partial charge on any atom is 0.322 e. The lowest BCUT2D eigenvalue weighted by Crippen LogP contribution is -2.57. The van der Waals surface area contributed by atoms with E-state index in [1.807, 2.05) is 54.6 Å². The second-order valence-corrected chi connectivity index (χ2v) is 7.37. The molecule has 0 aliphatic carbocycles. The van der Waals surface area contributed by atoms with Gasteiger partial charge >= 0.3 is 6.03 Å². The third kappa shape index (κ3) is 4.15. The summed E-state index contributed by atoms with van der Waals surface area (Å²) in [4.78, 5) is 18.4. The number of carbonyl (C=O) groups is 1. The van der Waals surface area contributed by atoms with E-state index in [9.17, 15) is 9.18 Å². The highest BCUT2D eigenvalue weighted by Crippen LogP contribution is 2.32. The van der Waals surface area contributed by atoms with E-state index in [-0.39, 0.29) is 12.1 Å². The average Bonchev–Trinajstić information content (AvgIpc) is 3.27. The number of hydrogen-bond donors (Lipinski definition) is 1. The van der Waals surface area contributed by atoms with Crippen LogP contribution in [0.25, 0.3) is 22.8 Å². The summed E-state index contributed by atoms with van der Waals surface area (Å²) in [7, 11) is 0. The molecule has 5 rings (SSSR count). The Labute approximate surface area is 183 Å². The number of hydrogen-bond acceptors (Lipinski definition) is 5. The molecule has 2 amide bonds. The van der Waals surface area contributed by atoms with Crippen molar-refractivity contribution in [3.8, 4) is 28.6 Å². The Morgan fingerprint density at radius 2 is 1.81 bits per heavy atom. The molecule has 0 atom stereocenters. The Hall–Kier alpha value is -4.20. The minimum Gasteiger partial charge on any atom is -0.486 e. The number of aromatic nitrogens is 2. The van der Waals surface area contributed by atoms with Crippen molar-refractivity contribution in [2.45, 2.75) is 6.10 Å². The molecular formula is C24H19FN4O3. The molecule has 1 saturated heterocycles. The van der Waals surface area contributed by atoms with Crippen LogP contribution in [0.2, 0.25) is 0 Å². The lowest BCUT2D eigenvalue weighted by Gasteiger charge is -2.39. The van der Waals surface area contributed by atoms with Crippen LogP contribution < -0.4 is 10.1 Å². The maximum atomic E-state index is 13.3. The van der Waals surface area contributed by atoms with Crippen molar-refractivity contribution in [1.82, 2.24) is 15.0 Å². The summed E-state index contributed by atoms with van der Waals surface area (Å²) in [6.07, 6.45) is -0.175. The molecule has 8 heteroatoms. The third-order valence-corrected chi connectivity index (χ3v) is 5.08. The van der Waals surface area contributed by atoms with Gasteiger partial charge in [-0.2, -0.15) is 4.98 Å². The van der Waals surface area contributed by atoms with Gasteiger partial charge in [0.05, 0.1) is 18.7 Å². The fourth-order valence-corrected chi connectivity index (χ4v) is 3.41. The van der Waals surface area contributed by atoms with Crippen LogP contribution in [0, 0.1) is 5.82 Å². The number of halogens is 1. The Bertz CT molecular complexity index is 1240. The van der Waals surface area contributed by atoms with Crippen molar-refractivity contribution in [2.24, 2.45) is 0 Å². The standard InChI is InChI=1S/C24H19FN4O3/c25-17-9-6-10-18(13-17)26-24(30)29-14-19(15-29)31-21-12-5-4-11-20(21)23-27-22(28-32-23)16-7-2-1-3-8-16/h1-13,19H,14-15H2,(H,26,30). The number of carbonyl (C=O) groups excluding carboxylic acids is 1. The zero-order valence-corrected chi connectivity index (χ0v) is 16.9. The third-order valence-electron chi connectivity index (χ3n) is 5.08. The van der Waals surface area contributed by atoms with Crippen LogP contribution in [0.4, 0.5) is 14.9 Å². The fraction of sp³-hybridized carbons (Fsp3) is 0.125. The maximum absolute atomic E-state index is 13.3. The molecule has 0 radical (unpaired) electrons. The second kappa shape index (κ2) is 8.50. The Kier molecular flexibility index (Phi) is 5.25. The summed E-state index contributed by atoms with van der Waals surface area (Å²) in [6, 6.07) is 22.5. The van der Waals surface area contributed by atoms with Crippen LogP contribution in [0.1, 0.15) is 0 Å². The predicted octanol–water partition coefficient (Wildman–Crippen LogP) is 4.84. The molecule has 0 unspecified atom stereocenters. The van der Waals surface area contributed by atoms with Gasteiger partial charge in [0, 0.05) is 11.3 Å². The number of ether oxygens (including phenoxy) is 1. The topological polar surface area (TPSA) is 80.5 Å². The molecule has 0 saturated carbocycles. The molecule has 7 nitrogen and oxygen atoms in total. The van der Waals surface area contributed by atoms with E-state index >= 15 is 0 Å². The number of nitrogens with one attached hydrogen (secondary N) is 1. The fourth-order valence-electron chi connectivity index (χ4n) is 3.41. The molecule has 32 heavy (non-hydrogen) atoms. The van der Waals surface area contributed by atoms with E-state index in [1.165, 1.54) is 12.1 Å². The van der Waals surface area contributed by atoms with E-state index < -0.39 is 5.82 Å². The molecular weight excluding hydrogens is 411 g/mol. The van der Waals surface area contributed by atoms with Gasteiger partial charge in [-0.3, -0.25) is 0 Å². The van der Waals surface area contributed by atoms with Gasteiger partial charge in [-0.05, 0) is 30.3 Å². The number of amides is 2. The second-order valence-electron chi connectivity index (χ2n) is 7.37. The minimum atomic E-state index is -0.402. The van der Waals surface area contributed by atoms with E-state index in [0.29, 0.717) is 41.8 Å². The van der Waals surface area contributed by atoms with E-state index in [1.54, 1.807) is 17.0 Å². The first-order valence-electron chi connectivity index (χ1n) is 10.1. The number of rotatable bonds is 5. The SMILES string of the molecule is O=C(Nc1cccc(F)c1)N1CC(Oc2ccccc2-c2nc(-c3ccccc3)no2)C1. The van der Waals surface area contributed by atoms with Gasteiger partial charge in [-0.15, -0.1) is 0 Å². The minimum absolute atomic E-state index is 0.175. The van der Waals surface area contributed by atoms with Crippen LogP contribution in [0.5, 0.6) is 5.75 Å². The molecule has 4 aromatic rings. The molecule has 0 bridgehead atoms. The lowest BCUT2D eigenvalue weighted by molar-refractivity contribution is 0.0496. The van der Waals surface area contributed by atoms with Gasteiger partial charge in [0.15, 0.2) is 0 Å². The Morgan fingerprint density at radius 1 is 1.03 bits per heavy atom. The summed E-state index contributed by atoms with van der Waals surface area (Å²) in [5.74, 6) is 1.06. The highest BCUT2D eigenvalue weighted by molar-refractivity contribution is 5.89. The zero-order valence-electron chi connectivity index (χ0n) is 16.9. The van der Waals surface area contributed by atoms with Crippen molar-refractivity contribution in [2.75, 3.05) is 18.4 Å². The van der Waals surface area contributed by atoms with Crippen LogP contribution >= 0.6 is 0 Å². The van der Waals surface area contributed by atoms with E-state index in [4.69, 9.17) is 9.26 Å².